The molecule has 4 heteroatoms. The first-order valence-corrected chi connectivity index (χ1v) is 6.63. The van der Waals surface area contributed by atoms with Crippen molar-refractivity contribution in [1.82, 2.24) is 20.2 Å². The van der Waals surface area contributed by atoms with Crippen molar-refractivity contribution in [2.75, 3.05) is 13.1 Å². The minimum Gasteiger partial charge on any atom is -0.310 e. The van der Waals surface area contributed by atoms with Gasteiger partial charge in [0.1, 0.15) is 6.33 Å². The van der Waals surface area contributed by atoms with E-state index in [-0.39, 0.29) is 0 Å². The standard InChI is InChI=1S/C13H20N4/c1-2-13-6-12(3-5-17(13)4-1)16-9-11-7-14-10-15-8-11/h7-8,10,12-13,16H,1-6,9H2. The fraction of sp³-hybridized carbons (Fsp3) is 0.692. The predicted molar refractivity (Wildman–Crippen MR) is 66.5 cm³/mol. The molecule has 92 valence electrons. The molecule has 4 nitrogen and oxygen atoms in total. The van der Waals surface area contributed by atoms with Gasteiger partial charge in [0, 0.05) is 36.6 Å². The molecule has 0 saturated carbocycles. The molecule has 2 atom stereocenters. The van der Waals surface area contributed by atoms with Gasteiger partial charge in [-0.15, -0.1) is 0 Å². The van der Waals surface area contributed by atoms with Gasteiger partial charge in [0.2, 0.25) is 0 Å². The van der Waals surface area contributed by atoms with Gasteiger partial charge in [-0.25, -0.2) is 9.97 Å². The summed E-state index contributed by atoms with van der Waals surface area (Å²) in [5, 5.41) is 3.64. The summed E-state index contributed by atoms with van der Waals surface area (Å²) in [6, 6.07) is 1.52. The maximum absolute atomic E-state index is 4.04. The van der Waals surface area contributed by atoms with Crippen LogP contribution in [0.15, 0.2) is 18.7 Å². The van der Waals surface area contributed by atoms with Gasteiger partial charge in [-0.05, 0) is 38.8 Å². The van der Waals surface area contributed by atoms with Crippen molar-refractivity contribution in [3.05, 3.63) is 24.3 Å². The van der Waals surface area contributed by atoms with E-state index in [9.17, 15) is 0 Å². The molecular weight excluding hydrogens is 212 g/mol. The second-order valence-electron chi connectivity index (χ2n) is 5.18. The monoisotopic (exact) mass is 232 g/mol. The highest BCUT2D eigenvalue weighted by Crippen LogP contribution is 2.26. The Hall–Kier alpha value is -1.00. The summed E-state index contributed by atoms with van der Waals surface area (Å²) in [6.07, 6.45) is 10.8. The fourth-order valence-corrected chi connectivity index (χ4v) is 3.09. The topological polar surface area (TPSA) is 41.1 Å². The Morgan fingerprint density at radius 3 is 3.00 bits per heavy atom. The van der Waals surface area contributed by atoms with E-state index in [0.29, 0.717) is 6.04 Å². The molecule has 3 rings (SSSR count). The fourth-order valence-electron chi connectivity index (χ4n) is 3.09. The zero-order valence-electron chi connectivity index (χ0n) is 10.2. The molecule has 1 aromatic heterocycles. The molecule has 0 aliphatic carbocycles. The number of rotatable bonds is 3. The summed E-state index contributed by atoms with van der Waals surface area (Å²) >= 11 is 0. The lowest BCUT2D eigenvalue weighted by Gasteiger charge is -2.35. The summed E-state index contributed by atoms with van der Waals surface area (Å²) in [4.78, 5) is 10.7. The van der Waals surface area contributed by atoms with Crippen LogP contribution in [-0.2, 0) is 6.54 Å². The molecule has 1 aromatic rings. The summed E-state index contributed by atoms with van der Waals surface area (Å²) in [5.74, 6) is 0. The Morgan fingerprint density at radius 2 is 2.12 bits per heavy atom. The van der Waals surface area contributed by atoms with Gasteiger partial charge >= 0.3 is 0 Å². The van der Waals surface area contributed by atoms with E-state index < -0.39 is 0 Å². The Labute approximate surface area is 102 Å². The molecular formula is C13H20N4. The molecule has 17 heavy (non-hydrogen) atoms. The number of piperidine rings is 1. The third-order valence-electron chi connectivity index (χ3n) is 4.03. The van der Waals surface area contributed by atoms with E-state index in [0.717, 1.165) is 12.6 Å². The molecule has 2 unspecified atom stereocenters. The SMILES string of the molecule is c1ncc(CNC2CCN3CCCC3C2)cn1. The largest absolute Gasteiger partial charge is 0.310 e. The Morgan fingerprint density at radius 1 is 1.24 bits per heavy atom. The molecule has 0 bridgehead atoms. The van der Waals surface area contributed by atoms with E-state index in [2.05, 4.69) is 20.2 Å². The van der Waals surface area contributed by atoms with Crippen LogP contribution in [0, 0.1) is 0 Å². The van der Waals surface area contributed by atoms with Crippen molar-refractivity contribution in [2.45, 2.75) is 44.3 Å². The second-order valence-corrected chi connectivity index (χ2v) is 5.18. The maximum atomic E-state index is 4.04. The number of fused-ring (bicyclic) bond motifs is 1. The molecule has 0 aromatic carbocycles. The summed E-state index contributed by atoms with van der Waals surface area (Å²) in [7, 11) is 0. The van der Waals surface area contributed by atoms with Crippen LogP contribution in [0.1, 0.15) is 31.2 Å². The number of hydrogen-bond acceptors (Lipinski definition) is 4. The first-order chi connectivity index (χ1) is 8.42. The van der Waals surface area contributed by atoms with Crippen molar-refractivity contribution in [2.24, 2.45) is 0 Å². The average molecular weight is 232 g/mol. The highest BCUT2D eigenvalue weighted by atomic mass is 15.2. The first kappa shape index (κ1) is 11.1. The second kappa shape index (κ2) is 5.10. The van der Waals surface area contributed by atoms with Crippen LogP contribution in [0.3, 0.4) is 0 Å². The number of hydrogen-bond donors (Lipinski definition) is 1. The first-order valence-electron chi connectivity index (χ1n) is 6.63. The van der Waals surface area contributed by atoms with Gasteiger partial charge in [0.15, 0.2) is 0 Å². The van der Waals surface area contributed by atoms with Gasteiger partial charge in [-0.1, -0.05) is 0 Å². The Balaban J connectivity index is 1.50. The van der Waals surface area contributed by atoms with Crippen LogP contribution >= 0.6 is 0 Å². The van der Waals surface area contributed by atoms with Crippen molar-refractivity contribution >= 4 is 0 Å². The van der Waals surface area contributed by atoms with Gasteiger partial charge in [0.05, 0.1) is 0 Å². The quantitative estimate of drug-likeness (QED) is 0.850. The highest BCUT2D eigenvalue weighted by Gasteiger charge is 2.31. The zero-order valence-corrected chi connectivity index (χ0v) is 10.2. The number of nitrogens with zero attached hydrogens (tertiary/aromatic N) is 3. The zero-order chi connectivity index (χ0) is 11.5. The molecule has 0 radical (unpaired) electrons. The highest BCUT2D eigenvalue weighted by molar-refractivity contribution is 5.02. The van der Waals surface area contributed by atoms with Crippen molar-refractivity contribution in [1.29, 1.82) is 0 Å². The van der Waals surface area contributed by atoms with E-state index in [4.69, 9.17) is 0 Å². The maximum Gasteiger partial charge on any atom is 0.115 e. The predicted octanol–water partition coefficient (Wildman–Crippen LogP) is 1.19. The van der Waals surface area contributed by atoms with Crippen molar-refractivity contribution in [3.63, 3.8) is 0 Å². The lowest BCUT2D eigenvalue weighted by molar-refractivity contribution is 0.166. The average Bonchev–Trinajstić information content (AvgIpc) is 2.85. The molecule has 2 aliphatic heterocycles. The lowest BCUT2D eigenvalue weighted by atomic mass is 9.97. The summed E-state index contributed by atoms with van der Waals surface area (Å²) < 4.78 is 0. The van der Waals surface area contributed by atoms with Crippen LogP contribution in [-0.4, -0.2) is 40.0 Å². The summed E-state index contributed by atoms with van der Waals surface area (Å²) in [5.41, 5.74) is 1.18. The van der Waals surface area contributed by atoms with Crippen LogP contribution in [0.2, 0.25) is 0 Å². The van der Waals surface area contributed by atoms with Gasteiger partial charge < -0.3 is 10.2 Å². The molecule has 1 N–H and O–H groups in total. The minimum atomic E-state index is 0.676. The molecule has 2 aliphatic rings. The minimum absolute atomic E-state index is 0.676. The summed E-state index contributed by atoms with van der Waals surface area (Å²) in [6.45, 7) is 3.50. The molecule has 3 heterocycles. The lowest BCUT2D eigenvalue weighted by Crippen LogP contribution is -2.45. The molecule has 2 saturated heterocycles. The van der Waals surface area contributed by atoms with Crippen LogP contribution < -0.4 is 5.32 Å². The van der Waals surface area contributed by atoms with Crippen molar-refractivity contribution < 1.29 is 0 Å². The number of nitrogens with one attached hydrogen (secondary N) is 1. The van der Waals surface area contributed by atoms with E-state index >= 15 is 0 Å². The van der Waals surface area contributed by atoms with E-state index in [1.54, 1.807) is 6.33 Å². The van der Waals surface area contributed by atoms with Crippen LogP contribution in [0.5, 0.6) is 0 Å². The Kier molecular flexibility index (Phi) is 3.34. The van der Waals surface area contributed by atoms with E-state index in [1.807, 2.05) is 12.4 Å². The molecule has 0 spiro atoms. The van der Waals surface area contributed by atoms with Gasteiger partial charge in [-0.2, -0.15) is 0 Å². The Bertz CT molecular complexity index is 354. The van der Waals surface area contributed by atoms with Crippen LogP contribution in [0.4, 0.5) is 0 Å². The smallest absolute Gasteiger partial charge is 0.115 e. The van der Waals surface area contributed by atoms with Crippen LogP contribution in [0.25, 0.3) is 0 Å². The molecule has 0 amide bonds. The van der Waals surface area contributed by atoms with E-state index in [1.165, 1.54) is 44.3 Å². The van der Waals surface area contributed by atoms with Crippen molar-refractivity contribution in [3.8, 4) is 0 Å². The third kappa shape index (κ3) is 2.64. The molecule has 2 fully saturated rings. The third-order valence-corrected chi connectivity index (χ3v) is 4.03. The van der Waals surface area contributed by atoms with Gasteiger partial charge in [-0.3, -0.25) is 0 Å². The normalized spacial score (nSPS) is 29.2. The van der Waals surface area contributed by atoms with Gasteiger partial charge in [0.25, 0.3) is 0 Å². The number of aromatic nitrogens is 2.